The first-order chi connectivity index (χ1) is 7.08. The molecule has 0 aliphatic heterocycles. The molecule has 2 fully saturated rings. The van der Waals surface area contributed by atoms with Gasteiger partial charge in [-0.05, 0) is 25.7 Å². The molecule has 2 aliphatic rings. The van der Waals surface area contributed by atoms with Crippen molar-refractivity contribution in [1.29, 1.82) is 0 Å². The first-order valence-electron chi connectivity index (χ1n) is 6.00. The fourth-order valence-electron chi connectivity index (χ4n) is 2.87. The van der Waals surface area contributed by atoms with Crippen molar-refractivity contribution in [2.75, 3.05) is 0 Å². The number of ketones is 1. The van der Waals surface area contributed by atoms with Gasteiger partial charge in [-0.1, -0.05) is 12.8 Å². The number of halogens is 2. The summed E-state index contributed by atoms with van der Waals surface area (Å²) in [5.41, 5.74) is 0. The number of carbonyl (C=O) groups excluding carboxylic acids is 1. The molecule has 0 amide bonds. The fraction of sp³-hybridized carbons (Fsp3) is 0.917. The highest BCUT2D eigenvalue weighted by atomic mass is 19.3. The van der Waals surface area contributed by atoms with Crippen LogP contribution in [0.15, 0.2) is 0 Å². The van der Waals surface area contributed by atoms with E-state index in [0.717, 1.165) is 25.7 Å². The maximum atomic E-state index is 12.9. The number of hydrogen-bond acceptors (Lipinski definition) is 1. The van der Waals surface area contributed by atoms with Crippen molar-refractivity contribution in [3.05, 3.63) is 0 Å². The molecule has 0 aromatic heterocycles. The van der Waals surface area contributed by atoms with Gasteiger partial charge in [0, 0.05) is 24.7 Å². The summed E-state index contributed by atoms with van der Waals surface area (Å²) in [5, 5.41) is 0. The number of hydrogen-bond donors (Lipinski definition) is 0. The van der Waals surface area contributed by atoms with E-state index in [-0.39, 0.29) is 30.5 Å². The molecule has 0 spiro atoms. The highest BCUT2D eigenvalue weighted by Crippen LogP contribution is 2.39. The summed E-state index contributed by atoms with van der Waals surface area (Å²) in [4.78, 5) is 12.0. The highest BCUT2D eigenvalue weighted by Gasteiger charge is 2.39. The maximum Gasteiger partial charge on any atom is 0.248 e. The van der Waals surface area contributed by atoms with Crippen LogP contribution in [0.4, 0.5) is 8.78 Å². The van der Waals surface area contributed by atoms with E-state index in [4.69, 9.17) is 0 Å². The van der Waals surface area contributed by atoms with E-state index < -0.39 is 5.92 Å². The largest absolute Gasteiger partial charge is 0.299 e. The molecule has 0 unspecified atom stereocenters. The second-order valence-corrected chi connectivity index (χ2v) is 5.01. The van der Waals surface area contributed by atoms with Gasteiger partial charge in [-0.15, -0.1) is 0 Å². The Bertz CT molecular complexity index is 234. The SMILES string of the molecule is O=C(C1CCCC1)C1CCC(F)(F)CC1. The highest BCUT2D eigenvalue weighted by molar-refractivity contribution is 5.83. The Morgan fingerprint density at radius 1 is 0.933 bits per heavy atom. The molecule has 0 N–H and O–H groups in total. The lowest BCUT2D eigenvalue weighted by Crippen LogP contribution is -2.31. The Morgan fingerprint density at radius 2 is 1.40 bits per heavy atom. The summed E-state index contributed by atoms with van der Waals surface area (Å²) in [5.74, 6) is -2.09. The zero-order valence-corrected chi connectivity index (χ0v) is 8.98. The van der Waals surface area contributed by atoms with E-state index in [9.17, 15) is 13.6 Å². The zero-order chi connectivity index (χ0) is 10.9. The van der Waals surface area contributed by atoms with Gasteiger partial charge < -0.3 is 0 Å². The average molecular weight is 216 g/mol. The van der Waals surface area contributed by atoms with Crippen molar-refractivity contribution < 1.29 is 13.6 Å². The number of Topliss-reactive ketones (excluding diaryl/α,β-unsaturated/α-hetero) is 1. The van der Waals surface area contributed by atoms with E-state index in [1.54, 1.807) is 0 Å². The average Bonchev–Trinajstić information content (AvgIpc) is 2.69. The molecule has 2 rings (SSSR count). The smallest absolute Gasteiger partial charge is 0.248 e. The second-order valence-electron chi connectivity index (χ2n) is 5.01. The summed E-state index contributed by atoms with van der Waals surface area (Å²) in [7, 11) is 0. The standard InChI is InChI=1S/C12H18F2O/c13-12(14)7-5-10(6-8-12)11(15)9-3-1-2-4-9/h9-10H,1-8H2. The molecule has 86 valence electrons. The molecule has 0 saturated heterocycles. The zero-order valence-electron chi connectivity index (χ0n) is 8.98. The normalized spacial score (nSPS) is 28.1. The van der Waals surface area contributed by atoms with Gasteiger partial charge in [-0.3, -0.25) is 4.79 Å². The Balaban J connectivity index is 1.87. The van der Waals surface area contributed by atoms with Gasteiger partial charge >= 0.3 is 0 Å². The summed E-state index contributed by atoms with van der Waals surface area (Å²) < 4.78 is 25.8. The molecule has 0 bridgehead atoms. The molecule has 0 aromatic carbocycles. The minimum atomic E-state index is -2.51. The fourth-order valence-corrected chi connectivity index (χ4v) is 2.87. The van der Waals surface area contributed by atoms with Crippen LogP contribution in [-0.2, 0) is 4.79 Å². The number of carbonyl (C=O) groups is 1. The van der Waals surface area contributed by atoms with Crippen LogP contribution < -0.4 is 0 Å². The molecular formula is C12H18F2O. The van der Waals surface area contributed by atoms with Crippen LogP contribution in [-0.4, -0.2) is 11.7 Å². The third-order valence-corrected chi connectivity index (χ3v) is 3.88. The van der Waals surface area contributed by atoms with Gasteiger partial charge in [0.1, 0.15) is 5.78 Å². The number of rotatable bonds is 2. The van der Waals surface area contributed by atoms with E-state index in [2.05, 4.69) is 0 Å². The molecule has 3 heteroatoms. The third kappa shape index (κ3) is 2.56. The third-order valence-electron chi connectivity index (χ3n) is 3.88. The van der Waals surface area contributed by atoms with Gasteiger partial charge in [0.2, 0.25) is 5.92 Å². The van der Waals surface area contributed by atoms with E-state index in [0.29, 0.717) is 12.8 Å². The van der Waals surface area contributed by atoms with Crippen LogP contribution in [0.25, 0.3) is 0 Å². The Morgan fingerprint density at radius 3 is 1.93 bits per heavy atom. The lowest BCUT2D eigenvalue weighted by Gasteiger charge is -2.28. The number of alkyl halides is 2. The van der Waals surface area contributed by atoms with Crippen molar-refractivity contribution >= 4 is 5.78 Å². The van der Waals surface area contributed by atoms with Crippen LogP contribution >= 0.6 is 0 Å². The van der Waals surface area contributed by atoms with Crippen LogP contribution in [0.5, 0.6) is 0 Å². The first kappa shape index (κ1) is 11.0. The second kappa shape index (κ2) is 4.18. The van der Waals surface area contributed by atoms with Crippen LogP contribution in [0.1, 0.15) is 51.4 Å². The van der Waals surface area contributed by atoms with Crippen molar-refractivity contribution in [2.24, 2.45) is 11.8 Å². The molecular weight excluding hydrogens is 198 g/mol. The van der Waals surface area contributed by atoms with E-state index in [1.807, 2.05) is 0 Å². The molecule has 2 aliphatic carbocycles. The van der Waals surface area contributed by atoms with Crippen LogP contribution in [0.3, 0.4) is 0 Å². The predicted octanol–water partition coefficient (Wildman–Crippen LogP) is 3.57. The summed E-state index contributed by atoms with van der Waals surface area (Å²) in [6.45, 7) is 0. The van der Waals surface area contributed by atoms with Crippen molar-refractivity contribution in [3.8, 4) is 0 Å². The van der Waals surface area contributed by atoms with Gasteiger partial charge in [-0.2, -0.15) is 0 Å². The van der Waals surface area contributed by atoms with Crippen LogP contribution in [0, 0.1) is 11.8 Å². The van der Waals surface area contributed by atoms with Crippen molar-refractivity contribution in [1.82, 2.24) is 0 Å². The minimum absolute atomic E-state index is 0.0623. The molecule has 15 heavy (non-hydrogen) atoms. The lowest BCUT2D eigenvalue weighted by atomic mass is 9.80. The van der Waals surface area contributed by atoms with Crippen molar-refractivity contribution in [2.45, 2.75) is 57.3 Å². The van der Waals surface area contributed by atoms with Gasteiger partial charge in [0.25, 0.3) is 0 Å². The van der Waals surface area contributed by atoms with Crippen molar-refractivity contribution in [3.63, 3.8) is 0 Å². The molecule has 0 aromatic rings. The Labute approximate surface area is 89.2 Å². The minimum Gasteiger partial charge on any atom is -0.299 e. The maximum absolute atomic E-state index is 12.9. The van der Waals surface area contributed by atoms with Gasteiger partial charge in [0.15, 0.2) is 0 Å². The van der Waals surface area contributed by atoms with Crippen LogP contribution in [0.2, 0.25) is 0 Å². The first-order valence-corrected chi connectivity index (χ1v) is 6.00. The lowest BCUT2D eigenvalue weighted by molar-refractivity contribution is -0.130. The van der Waals surface area contributed by atoms with Gasteiger partial charge in [-0.25, -0.2) is 8.78 Å². The quantitative estimate of drug-likeness (QED) is 0.689. The van der Waals surface area contributed by atoms with Gasteiger partial charge in [0.05, 0.1) is 0 Å². The Kier molecular flexibility index (Phi) is 3.08. The summed E-state index contributed by atoms with van der Waals surface area (Å²) in [6.07, 6.45) is 4.90. The molecule has 0 heterocycles. The summed E-state index contributed by atoms with van der Waals surface area (Å²) in [6, 6.07) is 0. The molecule has 0 atom stereocenters. The summed E-state index contributed by atoms with van der Waals surface area (Å²) >= 11 is 0. The molecule has 1 nitrogen and oxygen atoms in total. The molecule has 0 radical (unpaired) electrons. The predicted molar refractivity (Wildman–Crippen MR) is 53.9 cm³/mol. The topological polar surface area (TPSA) is 17.1 Å². The van der Waals surface area contributed by atoms with E-state index in [1.165, 1.54) is 0 Å². The molecule has 2 saturated carbocycles. The monoisotopic (exact) mass is 216 g/mol. The van der Waals surface area contributed by atoms with E-state index >= 15 is 0 Å². The Hall–Kier alpha value is -0.470.